The minimum absolute atomic E-state index is 0.0376. The van der Waals surface area contributed by atoms with Gasteiger partial charge in [0.05, 0.1) is 21.3 Å². The van der Waals surface area contributed by atoms with Crippen LogP contribution in [0, 0.1) is 0 Å². The average Bonchev–Trinajstić information content (AvgIpc) is 2.51. The Kier molecular flexibility index (Phi) is 6.47. The SMILES string of the molecule is COc1cc(C(=O)NC(OC(N)=O)OC(N)=O)cc(OC)c1OC. The monoisotopic (exact) mass is 343 g/mol. The van der Waals surface area contributed by atoms with E-state index >= 15 is 0 Å². The number of rotatable bonds is 7. The molecule has 0 fully saturated rings. The summed E-state index contributed by atoms with van der Waals surface area (Å²) in [6, 6.07) is 2.67. The molecule has 1 aromatic carbocycles. The molecule has 1 rings (SSSR count). The number of hydrogen-bond donors (Lipinski definition) is 3. The van der Waals surface area contributed by atoms with Gasteiger partial charge in [0.2, 0.25) is 5.75 Å². The summed E-state index contributed by atoms with van der Waals surface area (Å²) in [6.07, 6.45) is -4.37. The van der Waals surface area contributed by atoms with Crippen LogP contribution in [0.15, 0.2) is 12.1 Å². The van der Waals surface area contributed by atoms with Gasteiger partial charge in [-0.15, -0.1) is 0 Å². The second-order valence-electron chi connectivity index (χ2n) is 4.09. The molecule has 0 aliphatic carbocycles. The predicted molar refractivity (Wildman–Crippen MR) is 78.7 cm³/mol. The molecule has 0 saturated heterocycles. The standard InChI is InChI=1S/C13H17N3O8/c1-20-7-4-6(5-8(21-2)9(7)22-3)10(17)16-13(23-11(14)18)24-12(15)19/h4-5,13H,1-3H3,(H2,14,18)(H2,15,19)(H,16,17). The molecule has 0 bridgehead atoms. The summed E-state index contributed by atoms with van der Waals surface area (Å²) in [6.45, 7) is 0. The number of nitrogens with two attached hydrogens (primary N) is 2. The van der Waals surface area contributed by atoms with Gasteiger partial charge >= 0.3 is 18.6 Å². The van der Waals surface area contributed by atoms with Crippen LogP contribution in [0.1, 0.15) is 10.4 Å². The van der Waals surface area contributed by atoms with Crippen LogP contribution in [0.2, 0.25) is 0 Å². The molecular formula is C13H17N3O8. The molecule has 0 aliphatic heterocycles. The molecule has 3 amide bonds. The summed E-state index contributed by atoms with van der Waals surface area (Å²) in [7, 11) is 4.14. The average molecular weight is 343 g/mol. The lowest BCUT2D eigenvalue weighted by molar-refractivity contribution is -0.0698. The Hall–Kier alpha value is -3.37. The maximum Gasteiger partial charge on any atom is 0.408 e. The lowest BCUT2D eigenvalue weighted by Crippen LogP contribution is -2.43. The third-order valence-electron chi connectivity index (χ3n) is 2.62. The van der Waals surface area contributed by atoms with Crippen LogP contribution in [0.4, 0.5) is 9.59 Å². The second kappa shape index (κ2) is 8.31. The molecule has 0 radical (unpaired) electrons. The van der Waals surface area contributed by atoms with E-state index in [9.17, 15) is 14.4 Å². The highest BCUT2D eigenvalue weighted by Crippen LogP contribution is 2.38. The first-order chi connectivity index (χ1) is 11.3. The van der Waals surface area contributed by atoms with Crippen molar-refractivity contribution >= 4 is 18.1 Å². The summed E-state index contributed by atoms with van der Waals surface area (Å²) < 4.78 is 24.2. The van der Waals surface area contributed by atoms with Crippen molar-refractivity contribution in [3.8, 4) is 17.2 Å². The fourth-order valence-corrected chi connectivity index (χ4v) is 1.70. The van der Waals surface area contributed by atoms with Crippen LogP contribution in [0.25, 0.3) is 0 Å². The van der Waals surface area contributed by atoms with Crippen LogP contribution >= 0.6 is 0 Å². The van der Waals surface area contributed by atoms with Gasteiger partial charge in [-0.1, -0.05) is 0 Å². The molecule has 132 valence electrons. The second-order valence-corrected chi connectivity index (χ2v) is 4.09. The smallest absolute Gasteiger partial charge is 0.408 e. The van der Waals surface area contributed by atoms with Gasteiger partial charge < -0.3 is 35.2 Å². The number of primary amides is 2. The number of ether oxygens (including phenoxy) is 5. The molecule has 0 unspecified atom stereocenters. The van der Waals surface area contributed by atoms with E-state index in [0.717, 1.165) is 0 Å². The van der Waals surface area contributed by atoms with Crippen molar-refractivity contribution in [1.29, 1.82) is 0 Å². The molecule has 0 spiro atoms. The van der Waals surface area contributed by atoms with Crippen molar-refractivity contribution in [1.82, 2.24) is 5.32 Å². The molecule has 0 heterocycles. The normalized spacial score (nSPS) is 9.83. The number of hydrogen-bond acceptors (Lipinski definition) is 8. The van der Waals surface area contributed by atoms with Gasteiger partial charge in [-0.25, -0.2) is 9.59 Å². The highest BCUT2D eigenvalue weighted by Gasteiger charge is 2.22. The van der Waals surface area contributed by atoms with Crippen molar-refractivity contribution in [2.24, 2.45) is 11.5 Å². The molecule has 11 heteroatoms. The van der Waals surface area contributed by atoms with Crippen LogP contribution < -0.4 is 31.0 Å². The number of amides is 3. The molecule has 0 saturated carbocycles. The van der Waals surface area contributed by atoms with Gasteiger partial charge in [0.1, 0.15) is 0 Å². The maximum atomic E-state index is 12.2. The molecule has 24 heavy (non-hydrogen) atoms. The zero-order chi connectivity index (χ0) is 18.3. The van der Waals surface area contributed by atoms with Gasteiger partial charge in [-0.2, -0.15) is 0 Å². The molecule has 0 atom stereocenters. The van der Waals surface area contributed by atoms with E-state index < -0.39 is 24.5 Å². The predicted octanol–water partition coefficient (Wildman–Crippen LogP) is -0.0836. The minimum atomic E-state index is -1.80. The van der Waals surface area contributed by atoms with Gasteiger partial charge in [0.25, 0.3) is 5.91 Å². The summed E-state index contributed by atoms with van der Waals surface area (Å²) in [4.78, 5) is 33.7. The zero-order valence-electron chi connectivity index (χ0n) is 13.2. The third kappa shape index (κ3) is 4.83. The molecular weight excluding hydrogens is 326 g/mol. The van der Waals surface area contributed by atoms with Gasteiger partial charge in [0, 0.05) is 5.56 Å². The van der Waals surface area contributed by atoms with Crippen molar-refractivity contribution < 1.29 is 38.1 Å². The summed E-state index contributed by atoms with van der Waals surface area (Å²) in [5.41, 5.74) is 9.66. The molecule has 1 aromatic rings. The Morgan fingerprint density at radius 3 is 1.71 bits per heavy atom. The number of methoxy groups -OCH3 is 3. The van der Waals surface area contributed by atoms with Crippen LogP contribution in [0.5, 0.6) is 17.2 Å². The Balaban J connectivity index is 3.08. The number of nitrogens with one attached hydrogen (secondary N) is 1. The van der Waals surface area contributed by atoms with E-state index in [0.29, 0.717) is 0 Å². The van der Waals surface area contributed by atoms with Crippen molar-refractivity contribution in [2.45, 2.75) is 6.41 Å². The number of benzene rings is 1. The Morgan fingerprint density at radius 2 is 1.38 bits per heavy atom. The van der Waals surface area contributed by atoms with E-state index in [4.69, 9.17) is 25.7 Å². The quantitative estimate of drug-likeness (QED) is 0.579. The fraction of sp³-hybridized carbons (Fsp3) is 0.308. The topological polar surface area (TPSA) is 161 Å². The number of carbonyl (C=O) groups is 3. The van der Waals surface area contributed by atoms with Crippen LogP contribution in [-0.4, -0.2) is 45.8 Å². The fourth-order valence-electron chi connectivity index (χ4n) is 1.70. The van der Waals surface area contributed by atoms with Gasteiger partial charge in [0.15, 0.2) is 11.5 Å². The minimum Gasteiger partial charge on any atom is -0.493 e. The Bertz CT molecular complexity index is 593. The van der Waals surface area contributed by atoms with Crippen LogP contribution in [0.3, 0.4) is 0 Å². The van der Waals surface area contributed by atoms with Gasteiger partial charge in [-0.05, 0) is 12.1 Å². The first-order valence-corrected chi connectivity index (χ1v) is 6.35. The maximum absolute atomic E-state index is 12.2. The lowest BCUT2D eigenvalue weighted by Gasteiger charge is -2.18. The largest absolute Gasteiger partial charge is 0.493 e. The highest BCUT2D eigenvalue weighted by atomic mass is 16.7. The van der Waals surface area contributed by atoms with E-state index in [1.807, 2.05) is 0 Å². The first kappa shape index (κ1) is 18.7. The van der Waals surface area contributed by atoms with E-state index in [1.54, 1.807) is 0 Å². The summed E-state index contributed by atoms with van der Waals surface area (Å²) >= 11 is 0. The van der Waals surface area contributed by atoms with Gasteiger partial charge in [-0.3, -0.25) is 10.1 Å². The molecule has 5 N–H and O–H groups in total. The van der Waals surface area contributed by atoms with Crippen molar-refractivity contribution in [3.05, 3.63) is 17.7 Å². The zero-order valence-corrected chi connectivity index (χ0v) is 13.2. The lowest BCUT2D eigenvalue weighted by atomic mass is 10.1. The molecule has 11 nitrogen and oxygen atoms in total. The third-order valence-corrected chi connectivity index (χ3v) is 2.62. The van der Waals surface area contributed by atoms with Crippen molar-refractivity contribution in [3.63, 3.8) is 0 Å². The Labute approximate surface area is 136 Å². The van der Waals surface area contributed by atoms with E-state index in [-0.39, 0.29) is 22.8 Å². The van der Waals surface area contributed by atoms with Crippen molar-refractivity contribution in [2.75, 3.05) is 21.3 Å². The summed E-state index contributed by atoms with van der Waals surface area (Å²) in [5, 5.41) is 2.10. The number of carbonyl (C=O) groups excluding carboxylic acids is 3. The van der Waals surface area contributed by atoms with E-state index in [2.05, 4.69) is 14.8 Å². The van der Waals surface area contributed by atoms with Crippen LogP contribution in [-0.2, 0) is 9.47 Å². The molecule has 0 aliphatic rings. The summed E-state index contributed by atoms with van der Waals surface area (Å²) in [5.74, 6) is -0.0907. The van der Waals surface area contributed by atoms with E-state index in [1.165, 1.54) is 33.5 Å². The molecule has 0 aromatic heterocycles. The Morgan fingerprint density at radius 1 is 0.917 bits per heavy atom. The highest BCUT2D eigenvalue weighted by molar-refractivity contribution is 5.95. The first-order valence-electron chi connectivity index (χ1n) is 6.35.